The Kier molecular flexibility index (Phi) is 2.84. The Morgan fingerprint density at radius 2 is 2.08 bits per heavy atom. The van der Waals surface area contributed by atoms with Crippen molar-refractivity contribution >= 4 is 7.27 Å². The van der Waals surface area contributed by atoms with Crippen molar-refractivity contribution < 1.29 is 8.63 Å². The van der Waals surface area contributed by atoms with Crippen LogP contribution in [0.25, 0.3) is 0 Å². The summed E-state index contributed by atoms with van der Waals surface area (Å²) < 4.78 is 24.2. The van der Waals surface area contributed by atoms with Crippen LogP contribution in [0.5, 0.6) is 0 Å². The SMILES string of the molecule is FB(F)CN1CCN2CCCC2C1. The monoisotopic (exact) mass is 188 g/mol. The molecule has 0 saturated carbocycles. The molecule has 0 N–H and O–H groups in total. The third-order valence-corrected chi connectivity index (χ3v) is 3.07. The van der Waals surface area contributed by atoms with Crippen LogP contribution in [-0.4, -0.2) is 55.7 Å². The fourth-order valence-electron chi connectivity index (χ4n) is 2.42. The molecule has 74 valence electrons. The molecule has 0 aliphatic carbocycles. The van der Waals surface area contributed by atoms with E-state index in [1.54, 1.807) is 0 Å². The van der Waals surface area contributed by atoms with Gasteiger partial charge in [-0.2, -0.15) is 0 Å². The molecule has 2 saturated heterocycles. The standard InChI is InChI=1S/C8H15BF2N2/c10-9(11)7-12-4-5-13-3-1-2-8(13)6-12/h8H,1-7H2. The summed E-state index contributed by atoms with van der Waals surface area (Å²) in [6, 6.07) is 0.562. The molecule has 2 rings (SSSR count). The predicted octanol–water partition coefficient (Wildman–Crippen LogP) is 0.733. The second kappa shape index (κ2) is 3.92. The second-order valence-electron chi connectivity index (χ2n) is 3.98. The van der Waals surface area contributed by atoms with Crippen molar-refractivity contribution in [3.8, 4) is 0 Å². The van der Waals surface area contributed by atoms with Gasteiger partial charge in [0.25, 0.3) is 0 Å². The van der Waals surface area contributed by atoms with Gasteiger partial charge < -0.3 is 4.90 Å². The van der Waals surface area contributed by atoms with Crippen LogP contribution in [0.4, 0.5) is 8.63 Å². The van der Waals surface area contributed by atoms with Crippen LogP contribution < -0.4 is 0 Å². The number of rotatable bonds is 2. The van der Waals surface area contributed by atoms with Gasteiger partial charge in [0.15, 0.2) is 0 Å². The van der Waals surface area contributed by atoms with Crippen LogP contribution in [-0.2, 0) is 0 Å². The van der Waals surface area contributed by atoms with Crippen molar-refractivity contribution in [3.63, 3.8) is 0 Å². The number of halogens is 2. The molecule has 0 aromatic rings. The minimum absolute atomic E-state index is 0.0374. The lowest BCUT2D eigenvalue weighted by Gasteiger charge is -2.37. The maximum Gasteiger partial charge on any atom is 0.551 e. The van der Waals surface area contributed by atoms with Crippen LogP contribution >= 0.6 is 0 Å². The fourth-order valence-corrected chi connectivity index (χ4v) is 2.42. The average Bonchev–Trinajstić information content (AvgIpc) is 2.49. The van der Waals surface area contributed by atoms with Crippen LogP contribution in [0.3, 0.4) is 0 Å². The van der Waals surface area contributed by atoms with E-state index in [4.69, 9.17) is 0 Å². The van der Waals surface area contributed by atoms with Crippen molar-refractivity contribution in [2.24, 2.45) is 0 Å². The molecule has 0 bridgehead atoms. The summed E-state index contributed by atoms with van der Waals surface area (Å²) in [5, 5.41) is 0. The molecule has 0 aromatic carbocycles. The highest BCUT2D eigenvalue weighted by Gasteiger charge is 2.32. The zero-order chi connectivity index (χ0) is 9.26. The van der Waals surface area contributed by atoms with Crippen molar-refractivity contribution in [1.29, 1.82) is 0 Å². The number of piperazine rings is 1. The number of nitrogens with zero attached hydrogens (tertiary/aromatic N) is 2. The molecule has 0 radical (unpaired) electrons. The summed E-state index contributed by atoms with van der Waals surface area (Å²) in [6.07, 6.45) is 2.40. The van der Waals surface area contributed by atoms with E-state index < -0.39 is 7.27 Å². The maximum absolute atomic E-state index is 12.1. The normalized spacial score (nSPS) is 30.5. The van der Waals surface area contributed by atoms with E-state index in [0.717, 1.165) is 19.6 Å². The fraction of sp³-hybridized carbons (Fsp3) is 1.00. The summed E-state index contributed by atoms with van der Waals surface area (Å²) in [5.41, 5.74) is 0. The van der Waals surface area contributed by atoms with E-state index in [9.17, 15) is 8.63 Å². The summed E-state index contributed by atoms with van der Waals surface area (Å²) in [7, 11) is -2.17. The van der Waals surface area contributed by atoms with Gasteiger partial charge in [-0.15, -0.1) is 0 Å². The molecule has 5 heteroatoms. The van der Waals surface area contributed by atoms with Crippen molar-refractivity contribution in [2.45, 2.75) is 18.9 Å². The third kappa shape index (κ3) is 2.20. The Hall–Kier alpha value is -0.155. The molecule has 0 aromatic heterocycles. The predicted molar refractivity (Wildman–Crippen MR) is 49.0 cm³/mol. The maximum atomic E-state index is 12.1. The van der Waals surface area contributed by atoms with E-state index >= 15 is 0 Å². The lowest BCUT2D eigenvalue weighted by atomic mass is 9.97. The Morgan fingerprint density at radius 3 is 2.85 bits per heavy atom. The van der Waals surface area contributed by atoms with Crippen molar-refractivity contribution in [2.75, 3.05) is 32.6 Å². The Bertz CT molecular complexity index is 180. The largest absolute Gasteiger partial charge is 0.551 e. The zero-order valence-electron chi connectivity index (χ0n) is 7.75. The number of hydrogen-bond acceptors (Lipinski definition) is 2. The van der Waals surface area contributed by atoms with E-state index in [1.807, 2.05) is 4.90 Å². The third-order valence-electron chi connectivity index (χ3n) is 3.07. The van der Waals surface area contributed by atoms with Crippen LogP contribution in [0.2, 0.25) is 0 Å². The second-order valence-corrected chi connectivity index (χ2v) is 3.98. The van der Waals surface area contributed by atoms with Crippen molar-refractivity contribution in [1.82, 2.24) is 9.80 Å². The Labute approximate surface area is 78.1 Å². The van der Waals surface area contributed by atoms with Gasteiger partial charge in [0.1, 0.15) is 0 Å². The molecule has 2 fully saturated rings. The molecule has 1 atom stereocenters. The first kappa shape index (κ1) is 9.40. The van der Waals surface area contributed by atoms with Crippen LogP contribution in [0, 0.1) is 0 Å². The molecule has 13 heavy (non-hydrogen) atoms. The summed E-state index contributed by atoms with van der Waals surface area (Å²) in [6.45, 7) is 3.83. The highest BCUT2D eigenvalue weighted by Crippen LogP contribution is 2.21. The molecular weight excluding hydrogens is 173 g/mol. The number of hydrogen-bond donors (Lipinski definition) is 0. The highest BCUT2D eigenvalue weighted by atomic mass is 19.2. The minimum Gasteiger partial charge on any atom is -0.302 e. The van der Waals surface area contributed by atoms with E-state index in [-0.39, 0.29) is 6.44 Å². The van der Waals surface area contributed by atoms with E-state index in [0.29, 0.717) is 6.04 Å². The smallest absolute Gasteiger partial charge is 0.302 e. The summed E-state index contributed by atoms with van der Waals surface area (Å²) in [4.78, 5) is 4.33. The topological polar surface area (TPSA) is 6.48 Å². The quantitative estimate of drug-likeness (QED) is 0.589. The average molecular weight is 188 g/mol. The molecule has 0 spiro atoms. The van der Waals surface area contributed by atoms with Gasteiger partial charge in [0.05, 0.1) is 0 Å². The van der Waals surface area contributed by atoms with Gasteiger partial charge in [0, 0.05) is 32.1 Å². The number of fused-ring (bicyclic) bond motifs is 1. The first-order chi connectivity index (χ1) is 6.25. The molecule has 1 unspecified atom stereocenters. The Balaban J connectivity index is 1.83. The van der Waals surface area contributed by atoms with Gasteiger partial charge in [-0.1, -0.05) is 0 Å². The highest BCUT2D eigenvalue weighted by molar-refractivity contribution is 6.42. The molecule has 2 aliphatic rings. The molecule has 2 aliphatic heterocycles. The lowest BCUT2D eigenvalue weighted by Crippen LogP contribution is -2.51. The van der Waals surface area contributed by atoms with Gasteiger partial charge in [-0.25, -0.2) is 0 Å². The van der Waals surface area contributed by atoms with Crippen molar-refractivity contribution in [3.05, 3.63) is 0 Å². The Morgan fingerprint density at radius 1 is 1.23 bits per heavy atom. The van der Waals surface area contributed by atoms with Crippen LogP contribution in [0.15, 0.2) is 0 Å². The summed E-state index contributed by atoms with van der Waals surface area (Å²) >= 11 is 0. The van der Waals surface area contributed by atoms with Gasteiger partial charge in [-0.05, 0) is 19.4 Å². The minimum atomic E-state index is -2.17. The van der Waals surface area contributed by atoms with E-state index in [2.05, 4.69) is 4.90 Å². The molecule has 2 nitrogen and oxygen atoms in total. The van der Waals surface area contributed by atoms with Gasteiger partial charge in [0.2, 0.25) is 0 Å². The lowest BCUT2D eigenvalue weighted by molar-refractivity contribution is 0.115. The summed E-state index contributed by atoms with van der Waals surface area (Å²) in [5.74, 6) is 0. The molecule has 2 heterocycles. The first-order valence-electron chi connectivity index (χ1n) is 5.00. The molecule has 0 amide bonds. The van der Waals surface area contributed by atoms with E-state index in [1.165, 1.54) is 19.4 Å². The van der Waals surface area contributed by atoms with Crippen LogP contribution in [0.1, 0.15) is 12.8 Å². The van der Waals surface area contributed by atoms with Gasteiger partial charge >= 0.3 is 7.27 Å². The molecular formula is C8H15BF2N2. The van der Waals surface area contributed by atoms with Gasteiger partial charge in [-0.3, -0.25) is 13.5 Å². The zero-order valence-corrected chi connectivity index (χ0v) is 7.75. The first-order valence-corrected chi connectivity index (χ1v) is 5.00.